The number of benzene rings is 1. The van der Waals surface area contributed by atoms with E-state index in [1.165, 1.54) is 18.3 Å². The molecular weight excluding hydrogens is 198 g/mol. The van der Waals surface area contributed by atoms with Crippen molar-refractivity contribution in [3.8, 4) is 5.75 Å². The van der Waals surface area contributed by atoms with E-state index < -0.39 is 11.8 Å². The molecule has 0 unspecified atom stereocenters. The molecular formula is C9H9N3O3. The van der Waals surface area contributed by atoms with Crippen molar-refractivity contribution in [1.82, 2.24) is 5.43 Å². The minimum Gasteiger partial charge on any atom is -0.508 e. The van der Waals surface area contributed by atoms with Gasteiger partial charge in [0, 0.05) is 0 Å². The highest BCUT2D eigenvalue weighted by Gasteiger charge is 2.04. The third kappa shape index (κ3) is 3.47. The third-order valence-electron chi connectivity index (χ3n) is 1.50. The highest BCUT2D eigenvalue weighted by Crippen LogP contribution is 2.07. The molecule has 0 aromatic heterocycles. The third-order valence-corrected chi connectivity index (χ3v) is 1.50. The number of phenols is 1. The van der Waals surface area contributed by atoms with Crippen LogP contribution in [0.4, 0.5) is 0 Å². The molecule has 6 heteroatoms. The van der Waals surface area contributed by atoms with Gasteiger partial charge in [0.05, 0.1) is 6.21 Å². The lowest BCUT2D eigenvalue weighted by Gasteiger charge is -1.94. The summed E-state index contributed by atoms with van der Waals surface area (Å²) in [6.45, 7) is 0. The normalized spacial score (nSPS) is 10.1. The molecule has 0 spiro atoms. The molecule has 0 bridgehead atoms. The van der Waals surface area contributed by atoms with Crippen LogP contribution in [0.5, 0.6) is 5.75 Å². The maximum atomic E-state index is 10.6. The number of hydrazone groups is 1. The van der Waals surface area contributed by atoms with Crippen molar-refractivity contribution in [2.75, 3.05) is 0 Å². The topological polar surface area (TPSA) is 105 Å². The van der Waals surface area contributed by atoms with Gasteiger partial charge in [-0.15, -0.1) is 0 Å². The van der Waals surface area contributed by atoms with Gasteiger partial charge in [0.15, 0.2) is 0 Å². The minimum atomic E-state index is -1.10. The minimum absolute atomic E-state index is 0.133. The number of phenolic OH excluding ortho intramolecular Hbond substituents is 1. The number of nitrogens with two attached hydrogens (primary N) is 1. The van der Waals surface area contributed by atoms with E-state index in [4.69, 9.17) is 5.11 Å². The van der Waals surface area contributed by atoms with E-state index in [2.05, 4.69) is 10.8 Å². The molecule has 0 atom stereocenters. The van der Waals surface area contributed by atoms with E-state index in [1.54, 1.807) is 12.1 Å². The van der Waals surface area contributed by atoms with Crippen LogP contribution in [0.1, 0.15) is 5.56 Å². The van der Waals surface area contributed by atoms with Gasteiger partial charge in [-0.3, -0.25) is 9.59 Å². The van der Waals surface area contributed by atoms with Crippen molar-refractivity contribution in [3.05, 3.63) is 29.8 Å². The average Bonchev–Trinajstić information content (AvgIpc) is 2.20. The van der Waals surface area contributed by atoms with Crippen molar-refractivity contribution in [3.63, 3.8) is 0 Å². The number of carbonyl (C=O) groups excluding carboxylic acids is 2. The Hall–Kier alpha value is -2.37. The van der Waals surface area contributed by atoms with Crippen LogP contribution in [-0.4, -0.2) is 23.1 Å². The summed E-state index contributed by atoms with van der Waals surface area (Å²) in [5.41, 5.74) is 7.28. The smallest absolute Gasteiger partial charge is 0.329 e. The molecule has 0 aliphatic rings. The zero-order valence-electron chi connectivity index (χ0n) is 7.68. The van der Waals surface area contributed by atoms with Gasteiger partial charge in [0.1, 0.15) is 5.75 Å². The molecule has 0 saturated carbocycles. The number of amides is 2. The van der Waals surface area contributed by atoms with Gasteiger partial charge in [-0.2, -0.15) is 5.10 Å². The van der Waals surface area contributed by atoms with Crippen molar-refractivity contribution >= 4 is 18.0 Å². The molecule has 0 fully saturated rings. The Morgan fingerprint density at radius 1 is 1.33 bits per heavy atom. The molecule has 15 heavy (non-hydrogen) atoms. The number of rotatable bonds is 2. The standard InChI is InChI=1S/C9H9N3O3/c10-8(14)9(15)12-11-5-6-1-3-7(13)4-2-6/h1-5,13H,(H2,10,14)(H,12,15). The molecule has 2 amide bonds. The fraction of sp³-hybridized carbons (Fsp3) is 0. The molecule has 1 rings (SSSR count). The van der Waals surface area contributed by atoms with Crippen LogP contribution in [0, 0.1) is 0 Å². The van der Waals surface area contributed by atoms with E-state index in [0.29, 0.717) is 5.56 Å². The number of carbonyl (C=O) groups is 2. The first kappa shape index (κ1) is 10.7. The summed E-state index contributed by atoms with van der Waals surface area (Å²) < 4.78 is 0. The first-order chi connectivity index (χ1) is 7.09. The number of hydrogen-bond acceptors (Lipinski definition) is 4. The first-order valence-electron chi connectivity index (χ1n) is 4.01. The Bertz CT molecular complexity index is 398. The van der Waals surface area contributed by atoms with Gasteiger partial charge in [-0.25, -0.2) is 5.43 Å². The van der Waals surface area contributed by atoms with Gasteiger partial charge in [-0.05, 0) is 29.8 Å². The van der Waals surface area contributed by atoms with Crippen LogP contribution in [-0.2, 0) is 9.59 Å². The van der Waals surface area contributed by atoms with E-state index in [-0.39, 0.29) is 5.75 Å². The Labute approximate surface area is 85.4 Å². The highest BCUT2D eigenvalue weighted by molar-refractivity contribution is 6.34. The number of primary amides is 1. The molecule has 0 radical (unpaired) electrons. The lowest BCUT2D eigenvalue weighted by Crippen LogP contribution is -2.32. The Morgan fingerprint density at radius 2 is 1.93 bits per heavy atom. The molecule has 6 nitrogen and oxygen atoms in total. The van der Waals surface area contributed by atoms with Crippen LogP contribution in [0.15, 0.2) is 29.4 Å². The number of nitrogens with zero attached hydrogens (tertiary/aromatic N) is 1. The molecule has 4 N–H and O–H groups in total. The molecule has 1 aromatic carbocycles. The largest absolute Gasteiger partial charge is 0.508 e. The summed E-state index contributed by atoms with van der Waals surface area (Å²) in [5, 5.41) is 12.5. The molecule has 78 valence electrons. The molecule has 0 saturated heterocycles. The van der Waals surface area contributed by atoms with E-state index >= 15 is 0 Å². The second-order valence-corrected chi connectivity index (χ2v) is 2.65. The van der Waals surface area contributed by atoms with E-state index in [1.807, 2.05) is 5.43 Å². The second-order valence-electron chi connectivity index (χ2n) is 2.65. The van der Waals surface area contributed by atoms with Gasteiger partial charge >= 0.3 is 11.8 Å². The average molecular weight is 207 g/mol. The van der Waals surface area contributed by atoms with Gasteiger partial charge in [0.2, 0.25) is 0 Å². The predicted octanol–water partition coefficient (Wildman–Crippen LogP) is -0.672. The lowest BCUT2D eigenvalue weighted by molar-refractivity contribution is -0.137. The summed E-state index contributed by atoms with van der Waals surface area (Å²) in [4.78, 5) is 20.9. The number of nitrogens with one attached hydrogen (secondary N) is 1. The van der Waals surface area contributed by atoms with Crippen LogP contribution in [0.3, 0.4) is 0 Å². The summed E-state index contributed by atoms with van der Waals surface area (Å²) in [6.07, 6.45) is 1.32. The van der Waals surface area contributed by atoms with Crippen LogP contribution >= 0.6 is 0 Å². The number of aromatic hydroxyl groups is 1. The van der Waals surface area contributed by atoms with E-state index in [9.17, 15) is 9.59 Å². The quantitative estimate of drug-likeness (QED) is 0.340. The Kier molecular flexibility index (Phi) is 3.39. The molecule has 0 aliphatic heterocycles. The molecule has 0 heterocycles. The summed E-state index contributed by atoms with van der Waals surface area (Å²) in [6, 6.07) is 6.12. The molecule has 0 aliphatic carbocycles. The van der Waals surface area contributed by atoms with Crippen molar-refractivity contribution < 1.29 is 14.7 Å². The monoisotopic (exact) mass is 207 g/mol. The molecule has 1 aromatic rings. The zero-order valence-corrected chi connectivity index (χ0v) is 7.68. The number of hydrogen-bond donors (Lipinski definition) is 3. The Morgan fingerprint density at radius 3 is 2.47 bits per heavy atom. The van der Waals surface area contributed by atoms with Gasteiger partial charge < -0.3 is 10.8 Å². The van der Waals surface area contributed by atoms with Crippen LogP contribution in [0.2, 0.25) is 0 Å². The van der Waals surface area contributed by atoms with Crippen molar-refractivity contribution in [1.29, 1.82) is 0 Å². The zero-order chi connectivity index (χ0) is 11.3. The first-order valence-corrected chi connectivity index (χ1v) is 4.01. The van der Waals surface area contributed by atoms with E-state index in [0.717, 1.165) is 0 Å². The van der Waals surface area contributed by atoms with Gasteiger partial charge in [-0.1, -0.05) is 0 Å². The SMILES string of the molecule is NC(=O)C(=O)NN=Cc1ccc(O)cc1. The van der Waals surface area contributed by atoms with Crippen LogP contribution < -0.4 is 11.2 Å². The summed E-state index contributed by atoms with van der Waals surface area (Å²) in [7, 11) is 0. The van der Waals surface area contributed by atoms with Crippen molar-refractivity contribution in [2.45, 2.75) is 0 Å². The predicted molar refractivity (Wildman–Crippen MR) is 53.0 cm³/mol. The lowest BCUT2D eigenvalue weighted by atomic mass is 10.2. The Balaban J connectivity index is 2.55. The summed E-state index contributed by atoms with van der Waals surface area (Å²) in [5.74, 6) is -1.95. The van der Waals surface area contributed by atoms with Crippen molar-refractivity contribution in [2.24, 2.45) is 10.8 Å². The second kappa shape index (κ2) is 4.75. The maximum absolute atomic E-state index is 10.6. The van der Waals surface area contributed by atoms with Gasteiger partial charge in [0.25, 0.3) is 0 Å². The fourth-order valence-electron chi connectivity index (χ4n) is 0.781. The summed E-state index contributed by atoms with van der Waals surface area (Å²) >= 11 is 0. The fourth-order valence-corrected chi connectivity index (χ4v) is 0.781. The highest BCUT2D eigenvalue weighted by atomic mass is 16.3. The van der Waals surface area contributed by atoms with Crippen LogP contribution in [0.25, 0.3) is 0 Å². The maximum Gasteiger partial charge on any atom is 0.329 e.